The van der Waals surface area contributed by atoms with E-state index in [-0.39, 0.29) is 22.5 Å². The van der Waals surface area contributed by atoms with E-state index >= 15 is 0 Å². The molecule has 0 radical (unpaired) electrons. The first-order chi connectivity index (χ1) is 16.4. The largest absolute Gasteiger partial charge is 0.459 e. The highest BCUT2D eigenvalue weighted by Crippen LogP contribution is 2.29. The summed E-state index contributed by atoms with van der Waals surface area (Å²) in [6.07, 6.45) is 1.99. The van der Waals surface area contributed by atoms with Gasteiger partial charge in [0.15, 0.2) is 10.9 Å². The van der Waals surface area contributed by atoms with Gasteiger partial charge in [0.05, 0.1) is 36.6 Å². The maximum absolute atomic E-state index is 13.1. The second kappa shape index (κ2) is 9.29. The van der Waals surface area contributed by atoms with Crippen molar-refractivity contribution < 1.29 is 27.2 Å². The third-order valence-electron chi connectivity index (χ3n) is 5.69. The Bertz CT molecular complexity index is 1300. The quantitative estimate of drug-likeness (QED) is 0.568. The Kier molecular flexibility index (Phi) is 6.21. The number of sulfonamides is 1. The van der Waals surface area contributed by atoms with Gasteiger partial charge in [-0.15, -0.1) is 0 Å². The van der Waals surface area contributed by atoms with E-state index in [1.54, 1.807) is 29.2 Å². The number of ether oxygens (including phenoxy) is 1. The van der Waals surface area contributed by atoms with Gasteiger partial charge >= 0.3 is 0 Å². The Morgan fingerprint density at radius 2 is 1.82 bits per heavy atom. The molecule has 0 unspecified atom stereocenters. The molecule has 12 heteroatoms. The molecule has 4 heterocycles. The number of morpholine rings is 1. The minimum atomic E-state index is -3.61. The van der Waals surface area contributed by atoms with Gasteiger partial charge < -0.3 is 14.1 Å². The third kappa shape index (κ3) is 4.49. The molecule has 178 valence electrons. The molecular weight excluding hydrogens is 480 g/mol. The van der Waals surface area contributed by atoms with Gasteiger partial charge in [-0.1, -0.05) is 11.3 Å². The third-order valence-corrected chi connectivity index (χ3v) is 8.60. The normalized spacial score (nSPS) is 16.8. The van der Waals surface area contributed by atoms with Gasteiger partial charge in [-0.25, -0.2) is 13.4 Å². The van der Waals surface area contributed by atoms with Crippen LogP contribution in [0.25, 0.3) is 0 Å². The van der Waals surface area contributed by atoms with E-state index in [9.17, 15) is 18.0 Å². The minimum absolute atomic E-state index is 0.159. The molecule has 1 saturated heterocycles. The number of aromatic nitrogens is 1. The molecule has 10 nitrogen and oxygen atoms in total. The van der Waals surface area contributed by atoms with Crippen molar-refractivity contribution in [3.63, 3.8) is 0 Å². The number of furan rings is 1. The Labute approximate surface area is 200 Å². The first-order valence-corrected chi connectivity index (χ1v) is 13.0. The Balaban J connectivity index is 1.25. The Morgan fingerprint density at radius 3 is 2.53 bits per heavy atom. The predicted molar refractivity (Wildman–Crippen MR) is 123 cm³/mol. The van der Waals surface area contributed by atoms with E-state index in [0.717, 1.165) is 10.6 Å². The molecule has 34 heavy (non-hydrogen) atoms. The lowest BCUT2D eigenvalue weighted by molar-refractivity contribution is 0.0730. The molecule has 1 aromatic carbocycles. The first-order valence-electron chi connectivity index (χ1n) is 10.7. The van der Waals surface area contributed by atoms with Crippen molar-refractivity contribution in [3.05, 3.63) is 64.6 Å². The van der Waals surface area contributed by atoms with Crippen LogP contribution in [0.5, 0.6) is 0 Å². The number of hydrogen-bond acceptors (Lipinski definition) is 8. The van der Waals surface area contributed by atoms with Crippen molar-refractivity contribution in [3.8, 4) is 0 Å². The number of carbonyl (C=O) groups is 2. The van der Waals surface area contributed by atoms with Crippen molar-refractivity contribution in [1.29, 1.82) is 0 Å². The van der Waals surface area contributed by atoms with Crippen molar-refractivity contribution in [2.24, 2.45) is 0 Å². The minimum Gasteiger partial charge on any atom is -0.459 e. The predicted octanol–water partition coefficient (Wildman–Crippen LogP) is 2.21. The standard InChI is InChI=1S/C22H22N4O6S2/c27-20(18-2-1-11-32-18)24-22-23-17-7-8-25(14-19(17)33-22)21(28)15-3-5-16(6-4-15)34(29,30)26-9-12-31-13-10-26/h1-6,11H,7-10,12-14H2,(H,23,24,27). The molecule has 2 aliphatic rings. The fourth-order valence-electron chi connectivity index (χ4n) is 3.88. The smallest absolute Gasteiger partial charge is 0.293 e. The molecule has 1 fully saturated rings. The Morgan fingerprint density at radius 1 is 1.06 bits per heavy atom. The van der Waals surface area contributed by atoms with Crippen LogP contribution in [0.4, 0.5) is 5.13 Å². The summed E-state index contributed by atoms with van der Waals surface area (Å²) in [5.74, 6) is -0.365. The van der Waals surface area contributed by atoms with Gasteiger partial charge in [0.1, 0.15) is 0 Å². The number of anilines is 1. The second-order valence-corrected chi connectivity index (χ2v) is 10.9. The van der Waals surface area contributed by atoms with E-state index in [0.29, 0.717) is 56.5 Å². The van der Waals surface area contributed by atoms with Crippen LogP contribution < -0.4 is 5.32 Å². The van der Waals surface area contributed by atoms with Gasteiger partial charge in [-0.05, 0) is 36.4 Å². The Hall–Kier alpha value is -3.06. The van der Waals surface area contributed by atoms with Crippen LogP contribution in [0.1, 0.15) is 31.5 Å². The summed E-state index contributed by atoms with van der Waals surface area (Å²) in [6, 6.07) is 9.25. The monoisotopic (exact) mass is 502 g/mol. The van der Waals surface area contributed by atoms with Crippen LogP contribution >= 0.6 is 11.3 Å². The summed E-state index contributed by atoms with van der Waals surface area (Å²) in [5, 5.41) is 3.18. The van der Waals surface area contributed by atoms with E-state index < -0.39 is 10.0 Å². The van der Waals surface area contributed by atoms with Crippen LogP contribution in [0.2, 0.25) is 0 Å². The number of hydrogen-bond donors (Lipinski definition) is 1. The number of fused-ring (bicyclic) bond motifs is 1. The summed E-state index contributed by atoms with van der Waals surface area (Å²) in [5.41, 5.74) is 1.27. The van der Waals surface area contributed by atoms with Crippen LogP contribution in [0.3, 0.4) is 0 Å². The lowest BCUT2D eigenvalue weighted by Crippen LogP contribution is -2.40. The topological polar surface area (TPSA) is 122 Å². The van der Waals surface area contributed by atoms with Crippen molar-refractivity contribution >= 4 is 38.3 Å². The average molecular weight is 503 g/mol. The summed E-state index contributed by atoms with van der Waals surface area (Å²) in [6.45, 7) is 2.23. The summed E-state index contributed by atoms with van der Waals surface area (Å²) in [4.78, 5) is 32.5. The number of nitrogens with one attached hydrogen (secondary N) is 1. The number of thiazole rings is 1. The van der Waals surface area contributed by atoms with E-state index in [1.807, 2.05) is 0 Å². The first kappa shape index (κ1) is 22.7. The van der Waals surface area contributed by atoms with Crippen molar-refractivity contribution in [1.82, 2.24) is 14.2 Å². The zero-order valence-electron chi connectivity index (χ0n) is 18.1. The maximum atomic E-state index is 13.1. The molecule has 2 aromatic heterocycles. The zero-order chi connectivity index (χ0) is 23.7. The highest BCUT2D eigenvalue weighted by Gasteiger charge is 2.28. The summed E-state index contributed by atoms with van der Waals surface area (Å²) < 4.78 is 37.3. The molecule has 0 atom stereocenters. The van der Waals surface area contributed by atoms with E-state index in [4.69, 9.17) is 9.15 Å². The second-order valence-electron chi connectivity index (χ2n) is 7.84. The molecular formula is C22H22N4O6S2. The number of carbonyl (C=O) groups excluding carboxylic acids is 2. The number of benzene rings is 1. The SMILES string of the molecule is O=C(Nc1nc2c(s1)CN(C(=O)c1ccc(S(=O)(=O)N3CCOCC3)cc1)CC2)c1ccco1. The zero-order valence-corrected chi connectivity index (χ0v) is 19.7. The lowest BCUT2D eigenvalue weighted by atomic mass is 10.1. The van der Waals surface area contributed by atoms with Crippen LogP contribution in [-0.2, 0) is 27.7 Å². The average Bonchev–Trinajstić information content (AvgIpc) is 3.54. The van der Waals surface area contributed by atoms with Crippen LogP contribution in [0.15, 0.2) is 52.0 Å². The molecule has 0 saturated carbocycles. The van der Waals surface area contributed by atoms with Crippen molar-refractivity contribution in [2.75, 3.05) is 38.2 Å². The fourth-order valence-corrected chi connectivity index (χ4v) is 6.30. The van der Waals surface area contributed by atoms with Crippen molar-refractivity contribution in [2.45, 2.75) is 17.9 Å². The van der Waals surface area contributed by atoms with Gasteiger partial charge in [0.2, 0.25) is 10.0 Å². The summed E-state index contributed by atoms with van der Waals surface area (Å²) >= 11 is 1.33. The molecule has 5 rings (SSSR count). The number of amides is 2. The van der Waals surface area contributed by atoms with Gasteiger partial charge in [-0.3, -0.25) is 14.9 Å². The highest BCUT2D eigenvalue weighted by molar-refractivity contribution is 7.89. The molecule has 2 amide bonds. The number of rotatable bonds is 5. The molecule has 1 N–H and O–H groups in total. The van der Waals surface area contributed by atoms with Crippen LogP contribution in [0, 0.1) is 0 Å². The van der Waals surface area contributed by atoms with Crippen LogP contribution in [-0.4, -0.2) is 67.3 Å². The molecule has 0 aliphatic carbocycles. The summed E-state index contributed by atoms with van der Waals surface area (Å²) in [7, 11) is -3.61. The maximum Gasteiger partial charge on any atom is 0.293 e. The molecule has 0 bridgehead atoms. The number of nitrogens with zero attached hydrogens (tertiary/aromatic N) is 3. The highest BCUT2D eigenvalue weighted by atomic mass is 32.2. The fraction of sp³-hybridized carbons (Fsp3) is 0.318. The molecule has 3 aromatic rings. The lowest BCUT2D eigenvalue weighted by Gasteiger charge is -2.27. The molecule has 2 aliphatic heterocycles. The van der Waals surface area contributed by atoms with Gasteiger partial charge in [0.25, 0.3) is 11.8 Å². The molecule has 0 spiro atoms. The van der Waals surface area contributed by atoms with E-state index in [1.165, 1.54) is 34.0 Å². The van der Waals surface area contributed by atoms with Gasteiger partial charge in [0, 0.05) is 36.5 Å². The van der Waals surface area contributed by atoms with Gasteiger partial charge in [-0.2, -0.15) is 4.31 Å². The van der Waals surface area contributed by atoms with E-state index in [2.05, 4.69) is 10.3 Å².